The lowest BCUT2D eigenvalue weighted by atomic mass is 9.89. The fourth-order valence-corrected chi connectivity index (χ4v) is 5.62. The number of aromatic nitrogens is 2. The molecule has 0 saturated heterocycles. The number of thiophene rings is 1. The van der Waals surface area contributed by atoms with Crippen molar-refractivity contribution in [2.24, 2.45) is 5.92 Å². The lowest BCUT2D eigenvalue weighted by Gasteiger charge is -2.18. The predicted molar refractivity (Wildman–Crippen MR) is 104 cm³/mol. The quantitative estimate of drug-likeness (QED) is 0.544. The summed E-state index contributed by atoms with van der Waals surface area (Å²) in [5.41, 5.74) is 1.08. The van der Waals surface area contributed by atoms with Gasteiger partial charge in [-0.1, -0.05) is 30.8 Å². The summed E-state index contributed by atoms with van der Waals surface area (Å²) in [6, 6.07) is 6.25. The van der Waals surface area contributed by atoms with Crippen molar-refractivity contribution in [2.75, 3.05) is 12.4 Å². The van der Waals surface area contributed by atoms with E-state index in [2.05, 4.69) is 11.9 Å². The highest BCUT2D eigenvalue weighted by molar-refractivity contribution is 7.99. The molecule has 0 bridgehead atoms. The van der Waals surface area contributed by atoms with Gasteiger partial charge in [0.1, 0.15) is 10.6 Å². The Balaban J connectivity index is 2.00. The van der Waals surface area contributed by atoms with E-state index in [-0.39, 0.29) is 17.9 Å². The molecule has 7 heteroatoms. The van der Waals surface area contributed by atoms with Crippen molar-refractivity contribution in [1.82, 2.24) is 9.55 Å². The van der Waals surface area contributed by atoms with Gasteiger partial charge < -0.3 is 5.11 Å². The molecule has 3 aromatic rings. The lowest BCUT2D eigenvalue weighted by Crippen LogP contribution is -2.23. The Morgan fingerprint density at radius 2 is 2.23 bits per heavy atom. The van der Waals surface area contributed by atoms with Crippen molar-refractivity contribution < 1.29 is 9.50 Å². The minimum atomic E-state index is -0.459. The SMILES string of the molecule is C[C@H]1CCc2c(sc3nc(SCCO)n(-c4ccccc4F)c(=O)c23)C1. The lowest BCUT2D eigenvalue weighted by molar-refractivity contribution is 0.322. The summed E-state index contributed by atoms with van der Waals surface area (Å²) in [7, 11) is 0. The van der Waals surface area contributed by atoms with Crippen LogP contribution in [0.25, 0.3) is 15.9 Å². The van der Waals surface area contributed by atoms with Crippen molar-refractivity contribution in [3.63, 3.8) is 0 Å². The minimum absolute atomic E-state index is 0.0334. The second-order valence-corrected chi connectivity index (χ2v) is 8.74. The number of aryl methyl sites for hydroxylation is 1. The van der Waals surface area contributed by atoms with Gasteiger partial charge in [0.25, 0.3) is 5.56 Å². The predicted octanol–water partition coefficient (Wildman–Crippen LogP) is 3.80. The fraction of sp³-hybridized carbons (Fsp3) is 0.368. The van der Waals surface area contributed by atoms with E-state index >= 15 is 0 Å². The molecule has 4 rings (SSSR count). The third kappa shape index (κ3) is 2.98. The summed E-state index contributed by atoms with van der Waals surface area (Å²) in [6.07, 6.45) is 2.89. The first-order valence-electron chi connectivity index (χ1n) is 8.66. The Morgan fingerprint density at radius 1 is 1.42 bits per heavy atom. The molecule has 0 radical (unpaired) electrons. The number of aliphatic hydroxyl groups is 1. The number of rotatable bonds is 4. The van der Waals surface area contributed by atoms with Gasteiger partial charge >= 0.3 is 0 Å². The number of hydrogen-bond donors (Lipinski definition) is 1. The van der Waals surface area contributed by atoms with Crippen molar-refractivity contribution in [2.45, 2.75) is 31.3 Å². The molecule has 1 atom stereocenters. The van der Waals surface area contributed by atoms with E-state index in [4.69, 9.17) is 0 Å². The van der Waals surface area contributed by atoms with Gasteiger partial charge in [-0.15, -0.1) is 11.3 Å². The van der Waals surface area contributed by atoms with Crippen molar-refractivity contribution in [1.29, 1.82) is 0 Å². The van der Waals surface area contributed by atoms with Crippen LogP contribution in [0.2, 0.25) is 0 Å². The van der Waals surface area contributed by atoms with E-state index in [1.165, 1.54) is 27.3 Å². The Bertz CT molecular complexity index is 1030. The molecule has 1 N–H and O–H groups in total. The van der Waals surface area contributed by atoms with Crippen LogP contribution in [-0.4, -0.2) is 27.0 Å². The molecule has 2 heterocycles. The molecule has 1 aromatic carbocycles. The fourth-order valence-electron chi connectivity index (χ4n) is 3.45. The highest BCUT2D eigenvalue weighted by Crippen LogP contribution is 2.37. The number of fused-ring (bicyclic) bond motifs is 3. The van der Waals surface area contributed by atoms with E-state index in [1.54, 1.807) is 29.5 Å². The molecule has 136 valence electrons. The van der Waals surface area contributed by atoms with E-state index in [1.807, 2.05) is 0 Å². The van der Waals surface area contributed by atoms with Crippen LogP contribution in [0.5, 0.6) is 0 Å². The van der Waals surface area contributed by atoms with Crippen LogP contribution in [0, 0.1) is 11.7 Å². The first kappa shape index (κ1) is 17.7. The Hall–Kier alpha value is -1.70. The third-order valence-electron chi connectivity index (χ3n) is 4.71. The van der Waals surface area contributed by atoms with Gasteiger partial charge in [0.2, 0.25) is 0 Å². The van der Waals surface area contributed by atoms with Crippen LogP contribution >= 0.6 is 23.1 Å². The first-order valence-corrected chi connectivity index (χ1v) is 10.5. The minimum Gasteiger partial charge on any atom is -0.396 e. The van der Waals surface area contributed by atoms with Crippen LogP contribution in [0.3, 0.4) is 0 Å². The molecule has 0 fully saturated rings. The highest BCUT2D eigenvalue weighted by Gasteiger charge is 2.25. The molecule has 0 amide bonds. The van der Waals surface area contributed by atoms with E-state index in [0.29, 0.717) is 22.2 Å². The average molecular weight is 391 g/mol. The van der Waals surface area contributed by atoms with Gasteiger partial charge in [0.15, 0.2) is 5.16 Å². The van der Waals surface area contributed by atoms with Crippen LogP contribution in [0.15, 0.2) is 34.2 Å². The molecular formula is C19H19FN2O2S2. The zero-order chi connectivity index (χ0) is 18.3. The largest absolute Gasteiger partial charge is 0.396 e. The molecule has 1 aliphatic carbocycles. The Morgan fingerprint density at radius 3 is 3.00 bits per heavy atom. The molecule has 0 saturated carbocycles. The Labute approximate surface area is 158 Å². The number of thioether (sulfide) groups is 1. The van der Waals surface area contributed by atoms with E-state index in [9.17, 15) is 14.3 Å². The second-order valence-electron chi connectivity index (χ2n) is 6.59. The van der Waals surface area contributed by atoms with Crippen molar-refractivity contribution in [3.05, 3.63) is 50.9 Å². The summed E-state index contributed by atoms with van der Waals surface area (Å²) in [6.45, 7) is 2.19. The number of nitrogens with zero attached hydrogens (tertiary/aromatic N) is 2. The molecule has 1 aliphatic rings. The maximum absolute atomic E-state index is 14.4. The summed E-state index contributed by atoms with van der Waals surface area (Å²) >= 11 is 2.85. The van der Waals surface area contributed by atoms with Gasteiger partial charge in [-0.3, -0.25) is 9.36 Å². The van der Waals surface area contributed by atoms with Crippen molar-refractivity contribution >= 4 is 33.3 Å². The first-order chi connectivity index (χ1) is 12.6. The maximum atomic E-state index is 14.4. The van der Waals surface area contributed by atoms with E-state index < -0.39 is 5.82 Å². The molecule has 0 spiro atoms. The number of hydrogen-bond acceptors (Lipinski definition) is 5. The zero-order valence-corrected chi connectivity index (χ0v) is 16.0. The molecule has 0 unspecified atom stereocenters. The van der Waals surface area contributed by atoms with Crippen molar-refractivity contribution in [3.8, 4) is 5.69 Å². The maximum Gasteiger partial charge on any atom is 0.267 e. The summed E-state index contributed by atoms with van der Waals surface area (Å²) in [4.78, 5) is 20.0. The summed E-state index contributed by atoms with van der Waals surface area (Å²) in [5, 5.41) is 10.2. The van der Waals surface area contributed by atoms with Crippen LogP contribution in [0.4, 0.5) is 4.39 Å². The van der Waals surface area contributed by atoms with E-state index in [0.717, 1.165) is 29.7 Å². The molecular weight excluding hydrogens is 371 g/mol. The average Bonchev–Trinajstić information content (AvgIpc) is 2.98. The number of halogens is 1. The second kappa shape index (κ2) is 7.13. The van der Waals surface area contributed by atoms with Crippen LogP contribution < -0.4 is 5.56 Å². The normalized spacial score (nSPS) is 16.8. The molecule has 2 aromatic heterocycles. The van der Waals surface area contributed by atoms with Crippen LogP contribution in [-0.2, 0) is 12.8 Å². The third-order valence-corrected chi connectivity index (χ3v) is 6.78. The molecule has 26 heavy (non-hydrogen) atoms. The number of benzene rings is 1. The van der Waals surface area contributed by atoms with Gasteiger partial charge in [-0.2, -0.15) is 0 Å². The Kier molecular flexibility index (Phi) is 4.86. The summed E-state index contributed by atoms with van der Waals surface area (Å²) < 4.78 is 15.8. The topological polar surface area (TPSA) is 55.1 Å². The monoisotopic (exact) mass is 390 g/mol. The number of para-hydroxylation sites is 1. The number of aliphatic hydroxyl groups excluding tert-OH is 1. The van der Waals surface area contributed by atoms with Gasteiger partial charge in [-0.05, 0) is 42.9 Å². The standard InChI is InChI=1S/C19H19FN2O2S2/c1-11-6-7-12-15(10-11)26-17-16(12)18(24)22(19(21-17)25-9-8-23)14-5-3-2-4-13(14)20/h2-5,11,23H,6-10H2,1H3/t11-/m0/s1. The zero-order valence-electron chi connectivity index (χ0n) is 14.4. The molecule has 0 aliphatic heterocycles. The smallest absolute Gasteiger partial charge is 0.267 e. The van der Waals surface area contributed by atoms with Gasteiger partial charge in [0, 0.05) is 10.6 Å². The van der Waals surface area contributed by atoms with Crippen LogP contribution in [0.1, 0.15) is 23.8 Å². The highest BCUT2D eigenvalue weighted by atomic mass is 32.2. The van der Waals surface area contributed by atoms with Gasteiger partial charge in [-0.25, -0.2) is 9.37 Å². The molecule has 4 nitrogen and oxygen atoms in total. The van der Waals surface area contributed by atoms with Gasteiger partial charge in [0.05, 0.1) is 17.7 Å². The summed E-state index contributed by atoms with van der Waals surface area (Å²) in [5.74, 6) is 0.543.